The second-order valence-corrected chi connectivity index (χ2v) is 7.79. The molecule has 1 aromatic carbocycles. The molecule has 2 aromatic heterocycles. The van der Waals surface area contributed by atoms with E-state index in [0.29, 0.717) is 36.2 Å². The summed E-state index contributed by atoms with van der Waals surface area (Å²) >= 11 is 3.05. The Balaban J connectivity index is 1.64. The van der Waals surface area contributed by atoms with Crippen LogP contribution in [0.4, 0.5) is 5.69 Å². The van der Waals surface area contributed by atoms with E-state index in [9.17, 15) is 4.79 Å². The summed E-state index contributed by atoms with van der Waals surface area (Å²) in [6.07, 6.45) is 2.52. The Morgan fingerprint density at radius 1 is 1.32 bits per heavy atom. The lowest BCUT2D eigenvalue weighted by molar-refractivity contribution is -0.113. The number of thiophene rings is 1. The fraction of sp³-hybridized carbons (Fsp3) is 0.250. The molecule has 1 N–H and O–H groups in total. The van der Waals surface area contributed by atoms with Gasteiger partial charge in [0.1, 0.15) is 11.6 Å². The van der Waals surface area contributed by atoms with Crippen LogP contribution in [-0.2, 0) is 17.8 Å². The monoisotopic (exact) mass is 414 g/mol. The van der Waals surface area contributed by atoms with E-state index in [4.69, 9.17) is 4.74 Å². The van der Waals surface area contributed by atoms with Crippen LogP contribution in [0, 0.1) is 0 Å². The molecule has 0 spiro atoms. The molecule has 0 aliphatic carbocycles. The molecule has 3 aromatic rings. The number of aromatic nitrogens is 3. The van der Waals surface area contributed by atoms with Crippen LogP contribution in [0.3, 0.4) is 0 Å². The largest absolute Gasteiger partial charge is 0.492 e. The second kappa shape index (κ2) is 10.1. The summed E-state index contributed by atoms with van der Waals surface area (Å²) in [5.74, 6) is 1.64. The molecule has 1 amide bonds. The predicted molar refractivity (Wildman–Crippen MR) is 114 cm³/mol. The van der Waals surface area contributed by atoms with Crippen LogP contribution in [-0.4, -0.2) is 33.0 Å². The fourth-order valence-corrected chi connectivity index (χ4v) is 4.07. The molecule has 0 bridgehead atoms. The van der Waals surface area contributed by atoms with Gasteiger partial charge in [0.25, 0.3) is 0 Å². The summed E-state index contributed by atoms with van der Waals surface area (Å²) in [4.78, 5) is 13.6. The van der Waals surface area contributed by atoms with Crippen molar-refractivity contribution in [3.63, 3.8) is 0 Å². The predicted octanol–water partition coefficient (Wildman–Crippen LogP) is 4.25. The number of nitrogens with zero attached hydrogens (tertiary/aromatic N) is 3. The molecular formula is C20H22N4O2S2. The summed E-state index contributed by atoms with van der Waals surface area (Å²) in [6, 6.07) is 11.5. The van der Waals surface area contributed by atoms with Crippen LogP contribution in [0.1, 0.15) is 17.6 Å². The Kier molecular flexibility index (Phi) is 7.27. The Morgan fingerprint density at radius 2 is 2.18 bits per heavy atom. The molecule has 8 heteroatoms. The van der Waals surface area contributed by atoms with Crippen LogP contribution < -0.4 is 10.1 Å². The van der Waals surface area contributed by atoms with Gasteiger partial charge < -0.3 is 14.6 Å². The summed E-state index contributed by atoms with van der Waals surface area (Å²) in [7, 11) is 0. The van der Waals surface area contributed by atoms with E-state index in [2.05, 4.69) is 28.2 Å². The molecule has 0 radical (unpaired) electrons. The average molecular weight is 415 g/mol. The number of ether oxygens (including phenoxy) is 1. The van der Waals surface area contributed by atoms with E-state index in [1.807, 2.05) is 53.3 Å². The Morgan fingerprint density at radius 3 is 2.93 bits per heavy atom. The zero-order valence-corrected chi connectivity index (χ0v) is 17.3. The number of nitrogens with one attached hydrogen (secondary N) is 1. The molecular weight excluding hydrogens is 392 g/mol. The number of anilines is 1. The number of thioether (sulfide) groups is 1. The standard InChI is InChI=1S/C20H22N4O2S2/c1-3-11-24-18(13-15-8-7-12-27-15)22-23-20(24)28-14-19(25)21-16-9-5-6-10-17(16)26-4-2/h3,5-10,12H,1,4,11,13-14H2,2H3,(H,21,25). The number of hydrogen-bond donors (Lipinski definition) is 1. The second-order valence-electron chi connectivity index (χ2n) is 5.82. The lowest BCUT2D eigenvalue weighted by Gasteiger charge is -2.11. The molecule has 0 atom stereocenters. The molecule has 146 valence electrons. The Hall–Kier alpha value is -2.58. The van der Waals surface area contributed by atoms with Crippen molar-refractivity contribution in [3.05, 3.63) is 65.1 Å². The average Bonchev–Trinajstić information content (AvgIpc) is 3.33. The smallest absolute Gasteiger partial charge is 0.234 e. The minimum atomic E-state index is -0.120. The molecule has 28 heavy (non-hydrogen) atoms. The van der Waals surface area contributed by atoms with E-state index in [1.165, 1.54) is 16.6 Å². The maximum atomic E-state index is 12.4. The first-order valence-corrected chi connectivity index (χ1v) is 10.8. The SMILES string of the molecule is C=CCn1c(Cc2cccs2)nnc1SCC(=O)Nc1ccccc1OCC. The first-order chi connectivity index (χ1) is 13.7. The summed E-state index contributed by atoms with van der Waals surface area (Å²) in [5.41, 5.74) is 0.667. The van der Waals surface area contributed by atoms with Gasteiger partial charge in [-0.3, -0.25) is 4.79 Å². The zero-order chi connectivity index (χ0) is 19.8. The minimum absolute atomic E-state index is 0.120. The molecule has 2 heterocycles. The first kappa shape index (κ1) is 20.2. The summed E-state index contributed by atoms with van der Waals surface area (Å²) in [5, 5.41) is 14.2. The van der Waals surface area contributed by atoms with Gasteiger partial charge in [0.05, 0.1) is 18.0 Å². The molecule has 3 rings (SSSR count). The quantitative estimate of drug-likeness (QED) is 0.397. The third kappa shape index (κ3) is 5.24. The van der Waals surface area contributed by atoms with Crippen molar-refractivity contribution in [2.24, 2.45) is 0 Å². The van der Waals surface area contributed by atoms with Gasteiger partial charge in [-0.2, -0.15) is 0 Å². The van der Waals surface area contributed by atoms with Crippen LogP contribution >= 0.6 is 23.1 Å². The van der Waals surface area contributed by atoms with Crippen molar-refractivity contribution >= 4 is 34.7 Å². The van der Waals surface area contributed by atoms with Crippen molar-refractivity contribution < 1.29 is 9.53 Å². The normalized spacial score (nSPS) is 10.6. The summed E-state index contributed by atoms with van der Waals surface area (Å²) in [6.45, 7) is 6.87. The number of amides is 1. The van der Waals surface area contributed by atoms with Gasteiger partial charge in [0.15, 0.2) is 5.16 Å². The Labute approximate surface area is 172 Å². The van der Waals surface area contributed by atoms with Crippen molar-refractivity contribution in [2.45, 2.75) is 25.0 Å². The molecule has 0 saturated carbocycles. The third-order valence-corrected chi connectivity index (χ3v) is 5.65. The molecule has 0 fully saturated rings. The van der Waals surface area contributed by atoms with Gasteiger partial charge in [-0.15, -0.1) is 28.1 Å². The number of allylic oxidation sites excluding steroid dienone is 1. The molecule has 0 unspecified atom stereocenters. The van der Waals surface area contributed by atoms with Gasteiger partial charge in [-0.1, -0.05) is 36.0 Å². The zero-order valence-electron chi connectivity index (χ0n) is 15.6. The summed E-state index contributed by atoms with van der Waals surface area (Å²) < 4.78 is 7.55. The lowest BCUT2D eigenvalue weighted by Crippen LogP contribution is -2.15. The number of rotatable bonds is 10. The highest BCUT2D eigenvalue weighted by Crippen LogP contribution is 2.25. The molecule has 0 aliphatic heterocycles. The van der Waals surface area contributed by atoms with Crippen molar-refractivity contribution in [1.82, 2.24) is 14.8 Å². The van der Waals surface area contributed by atoms with E-state index < -0.39 is 0 Å². The number of benzene rings is 1. The molecule has 0 aliphatic rings. The fourth-order valence-electron chi connectivity index (χ4n) is 2.61. The maximum absolute atomic E-state index is 12.4. The van der Waals surface area contributed by atoms with Crippen LogP contribution in [0.5, 0.6) is 5.75 Å². The first-order valence-electron chi connectivity index (χ1n) is 8.91. The van der Waals surface area contributed by atoms with E-state index in [0.717, 1.165) is 5.82 Å². The van der Waals surface area contributed by atoms with Crippen molar-refractivity contribution in [3.8, 4) is 5.75 Å². The molecule has 6 nitrogen and oxygen atoms in total. The minimum Gasteiger partial charge on any atom is -0.492 e. The van der Waals surface area contributed by atoms with Gasteiger partial charge in [0, 0.05) is 17.8 Å². The van der Waals surface area contributed by atoms with Gasteiger partial charge in [-0.05, 0) is 30.5 Å². The van der Waals surface area contributed by atoms with Crippen molar-refractivity contribution in [2.75, 3.05) is 17.7 Å². The number of carbonyl (C=O) groups excluding carboxylic acids is 1. The Bertz CT molecular complexity index is 922. The third-order valence-electron chi connectivity index (χ3n) is 3.81. The van der Waals surface area contributed by atoms with Gasteiger partial charge in [0.2, 0.25) is 5.91 Å². The van der Waals surface area contributed by atoms with Gasteiger partial charge in [-0.25, -0.2) is 0 Å². The highest BCUT2D eigenvalue weighted by molar-refractivity contribution is 7.99. The van der Waals surface area contributed by atoms with Crippen LogP contribution in [0.25, 0.3) is 0 Å². The highest BCUT2D eigenvalue weighted by Gasteiger charge is 2.15. The number of para-hydroxylation sites is 2. The number of carbonyl (C=O) groups is 1. The molecule has 0 saturated heterocycles. The van der Waals surface area contributed by atoms with E-state index in [1.54, 1.807) is 11.3 Å². The highest BCUT2D eigenvalue weighted by atomic mass is 32.2. The lowest BCUT2D eigenvalue weighted by atomic mass is 10.3. The van der Waals surface area contributed by atoms with E-state index in [-0.39, 0.29) is 11.7 Å². The van der Waals surface area contributed by atoms with Gasteiger partial charge >= 0.3 is 0 Å². The maximum Gasteiger partial charge on any atom is 0.234 e. The van der Waals surface area contributed by atoms with E-state index >= 15 is 0 Å². The van der Waals surface area contributed by atoms with Crippen molar-refractivity contribution in [1.29, 1.82) is 0 Å². The number of hydrogen-bond acceptors (Lipinski definition) is 6. The topological polar surface area (TPSA) is 69.0 Å². The van der Waals surface area contributed by atoms with Crippen LogP contribution in [0.2, 0.25) is 0 Å². The van der Waals surface area contributed by atoms with Crippen LogP contribution in [0.15, 0.2) is 59.6 Å².